The summed E-state index contributed by atoms with van der Waals surface area (Å²) in [6.07, 6.45) is 0. The molecule has 0 N–H and O–H groups in total. The molecule has 0 bridgehead atoms. The number of hydrogen-bond acceptors (Lipinski definition) is 3. The van der Waals surface area contributed by atoms with E-state index in [1.54, 1.807) is 0 Å². The monoisotopic (exact) mass is 653 g/mol. The van der Waals surface area contributed by atoms with E-state index in [2.05, 4.69) is 161 Å². The quantitative estimate of drug-likeness (QED) is 0.179. The molecular weight excluding hydrogens is 623 g/mol. The van der Waals surface area contributed by atoms with Gasteiger partial charge in [-0.2, -0.15) is 0 Å². The maximum atomic E-state index is 6.70. The Labute approximate surface area is 295 Å². The molecule has 8 aromatic carbocycles. The molecule has 4 heteroatoms. The van der Waals surface area contributed by atoms with Crippen LogP contribution in [0.5, 0.6) is 0 Å². The fourth-order valence-corrected chi connectivity index (χ4v) is 7.52. The molecule has 10 rings (SSSR count). The van der Waals surface area contributed by atoms with Crippen LogP contribution in [0.15, 0.2) is 192 Å². The number of para-hydroxylation sites is 2. The first-order chi connectivity index (χ1) is 25.3. The zero-order valence-corrected chi connectivity index (χ0v) is 27.6. The first-order valence-electron chi connectivity index (χ1n) is 17.2. The van der Waals surface area contributed by atoms with Crippen molar-refractivity contribution in [2.45, 2.75) is 0 Å². The first kappa shape index (κ1) is 29.0. The van der Waals surface area contributed by atoms with Crippen molar-refractivity contribution >= 4 is 60.7 Å². The van der Waals surface area contributed by atoms with Crippen molar-refractivity contribution in [3.05, 3.63) is 188 Å². The average Bonchev–Trinajstić information content (AvgIpc) is 3.80. The highest BCUT2D eigenvalue weighted by Crippen LogP contribution is 2.47. The van der Waals surface area contributed by atoms with Gasteiger partial charge in [-0.3, -0.25) is 0 Å². The molecule has 240 valence electrons. The fourth-order valence-electron chi connectivity index (χ4n) is 7.52. The zero-order valence-electron chi connectivity index (χ0n) is 27.6. The highest BCUT2D eigenvalue weighted by atomic mass is 16.3. The summed E-state index contributed by atoms with van der Waals surface area (Å²) in [6, 6.07) is 66.2. The van der Waals surface area contributed by atoms with E-state index in [0.717, 1.165) is 61.4 Å². The lowest BCUT2D eigenvalue weighted by Gasteiger charge is -2.27. The molecular formula is C47H31N3O. The molecule has 2 heterocycles. The van der Waals surface area contributed by atoms with Crippen LogP contribution in [0, 0.1) is 0 Å². The molecule has 2 aromatic heterocycles. The molecule has 0 saturated carbocycles. The minimum atomic E-state index is 0.599. The molecule has 0 radical (unpaired) electrons. The Hall–Kier alpha value is -6.91. The van der Waals surface area contributed by atoms with Gasteiger partial charge in [0.05, 0.1) is 22.4 Å². The predicted molar refractivity (Wildman–Crippen MR) is 211 cm³/mol. The second kappa shape index (κ2) is 11.9. The summed E-state index contributed by atoms with van der Waals surface area (Å²) >= 11 is 0. The fraction of sp³-hybridized carbons (Fsp3) is 0. The highest BCUT2D eigenvalue weighted by Gasteiger charge is 2.25. The van der Waals surface area contributed by atoms with E-state index in [9.17, 15) is 0 Å². The third kappa shape index (κ3) is 4.80. The zero-order chi connectivity index (χ0) is 33.7. The van der Waals surface area contributed by atoms with Crippen molar-refractivity contribution in [3.63, 3.8) is 0 Å². The van der Waals surface area contributed by atoms with Gasteiger partial charge in [0, 0.05) is 33.1 Å². The van der Waals surface area contributed by atoms with E-state index in [1.165, 1.54) is 21.7 Å². The third-order valence-electron chi connectivity index (χ3n) is 9.78. The van der Waals surface area contributed by atoms with Crippen LogP contribution in [0.4, 0.5) is 17.1 Å². The molecule has 0 amide bonds. The molecule has 0 spiro atoms. The highest BCUT2D eigenvalue weighted by molar-refractivity contribution is 6.23. The van der Waals surface area contributed by atoms with Crippen molar-refractivity contribution in [2.75, 3.05) is 4.90 Å². The number of aromatic nitrogens is 2. The van der Waals surface area contributed by atoms with Gasteiger partial charge in [-0.25, -0.2) is 4.98 Å². The molecule has 0 aliphatic heterocycles. The number of oxazole rings is 1. The summed E-state index contributed by atoms with van der Waals surface area (Å²) in [5.74, 6) is 0.599. The minimum absolute atomic E-state index is 0.599. The van der Waals surface area contributed by atoms with Gasteiger partial charge in [0.15, 0.2) is 5.58 Å². The molecule has 4 nitrogen and oxygen atoms in total. The summed E-state index contributed by atoms with van der Waals surface area (Å²) in [5.41, 5.74) is 11.2. The van der Waals surface area contributed by atoms with Gasteiger partial charge in [0.2, 0.25) is 5.89 Å². The molecule has 0 aliphatic carbocycles. The second-order valence-electron chi connectivity index (χ2n) is 12.8. The van der Waals surface area contributed by atoms with Gasteiger partial charge >= 0.3 is 0 Å². The van der Waals surface area contributed by atoms with Crippen molar-refractivity contribution in [2.24, 2.45) is 0 Å². The average molecular weight is 654 g/mol. The Morgan fingerprint density at radius 3 is 1.98 bits per heavy atom. The van der Waals surface area contributed by atoms with Gasteiger partial charge in [-0.15, -0.1) is 0 Å². The largest absolute Gasteiger partial charge is 0.434 e. The SMILES string of the molecule is c1ccc(-c2cccc(N(c3cccc4nc(-c5ccccc5)oc34)c3cccc4c3c3ccc5ccccc5c3n4-c3ccccc3)c2)cc1. The molecule has 51 heavy (non-hydrogen) atoms. The summed E-state index contributed by atoms with van der Waals surface area (Å²) < 4.78 is 9.11. The first-order valence-corrected chi connectivity index (χ1v) is 17.2. The molecule has 0 saturated heterocycles. The van der Waals surface area contributed by atoms with Crippen LogP contribution in [-0.2, 0) is 0 Å². The van der Waals surface area contributed by atoms with Crippen molar-refractivity contribution in [1.82, 2.24) is 9.55 Å². The number of nitrogens with zero attached hydrogens (tertiary/aromatic N) is 3. The maximum Gasteiger partial charge on any atom is 0.227 e. The topological polar surface area (TPSA) is 34.2 Å². The van der Waals surface area contributed by atoms with Crippen molar-refractivity contribution in [1.29, 1.82) is 0 Å². The van der Waals surface area contributed by atoms with Crippen LogP contribution in [0.3, 0.4) is 0 Å². The van der Waals surface area contributed by atoms with Crippen LogP contribution in [0.25, 0.3) is 71.9 Å². The standard InChI is InChI=1S/C47H31N3O/c1-4-15-32(16-5-1)35-20-12-23-37(31-35)49(43-28-13-25-40-46(43)51-47(48-40)34-18-6-2-7-19-34)41-26-14-27-42-44(41)39-30-29-33-17-10-11-24-38(33)45(39)50(42)36-21-8-3-9-22-36/h1-31H. The molecule has 0 aliphatic rings. The smallest absolute Gasteiger partial charge is 0.227 e. The second-order valence-corrected chi connectivity index (χ2v) is 12.8. The van der Waals surface area contributed by atoms with Gasteiger partial charge in [-0.1, -0.05) is 127 Å². The van der Waals surface area contributed by atoms with Crippen LogP contribution in [0.1, 0.15) is 0 Å². The van der Waals surface area contributed by atoms with E-state index >= 15 is 0 Å². The van der Waals surface area contributed by atoms with E-state index in [0.29, 0.717) is 5.89 Å². The van der Waals surface area contributed by atoms with E-state index in [-0.39, 0.29) is 0 Å². The van der Waals surface area contributed by atoms with Crippen LogP contribution < -0.4 is 4.90 Å². The molecule has 0 unspecified atom stereocenters. The van der Waals surface area contributed by atoms with Gasteiger partial charge in [-0.05, 0) is 77.2 Å². The number of hydrogen-bond donors (Lipinski definition) is 0. The number of rotatable bonds is 6. The Balaban J connectivity index is 1.31. The normalized spacial score (nSPS) is 11.5. The number of anilines is 3. The van der Waals surface area contributed by atoms with Crippen LogP contribution in [0.2, 0.25) is 0 Å². The van der Waals surface area contributed by atoms with Gasteiger partial charge in [0.1, 0.15) is 5.52 Å². The van der Waals surface area contributed by atoms with E-state index in [1.807, 2.05) is 36.4 Å². The summed E-state index contributed by atoms with van der Waals surface area (Å²) in [4.78, 5) is 7.32. The lowest BCUT2D eigenvalue weighted by molar-refractivity contribution is 0.620. The number of fused-ring (bicyclic) bond motifs is 6. The van der Waals surface area contributed by atoms with E-state index in [4.69, 9.17) is 9.40 Å². The maximum absolute atomic E-state index is 6.70. The lowest BCUT2D eigenvalue weighted by atomic mass is 10.0. The minimum Gasteiger partial charge on any atom is -0.434 e. The van der Waals surface area contributed by atoms with Crippen LogP contribution in [-0.4, -0.2) is 9.55 Å². The Bertz CT molecular complexity index is 2850. The molecule has 10 aromatic rings. The van der Waals surface area contributed by atoms with Crippen molar-refractivity contribution < 1.29 is 4.42 Å². The summed E-state index contributed by atoms with van der Waals surface area (Å²) in [6.45, 7) is 0. The predicted octanol–water partition coefficient (Wildman–Crippen LogP) is 12.9. The summed E-state index contributed by atoms with van der Waals surface area (Å²) in [5, 5.41) is 4.76. The molecule has 0 atom stereocenters. The third-order valence-corrected chi connectivity index (χ3v) is 9.78. The Kier molecular flexibility index (Phi) is 6.78. The van der Waals surface area contributed by atoms with Crippen molar-refractivity contribution in [3.8, 4) is 28.3 Å². The van der Waals surface area contributed by atoms with Crippen LogP contribution >= 0.6 is 0 Å². The summed E-state index contributed by atoms with van der Waals surface area (Å²) in [7, 11) is 0. The van der Waals surface area contributed by atoms with Gasteiger partial charge in [0.25, 0.3) is 0 Å². The Morgan fingerprint density at radius 2 is 1.16 bits per heavy atom. The van der Waals surface area contributed by atoms with Gasteiger partial charge < -0.3 is 13.9 Å². The Morgan fingerprint density at radius 1 is 0.490 bits per heavy atom. The lowest BCUT2D eigenvalue weighted by Crippen LogP contribution is -2.11. The van der Waals surface area contributed by atoms with E-state index < -0.39 is 0 Å². The number of benzene rings is 8. The molecule has 0 fully saturated rings.